The predicted octanol–water partition coefficient (Wildman–Crippen LogP) is 1.74. The van der Waals surface area contributed by atoms with Crippen molar-refractivity contribution in [2.24, 2.45) is 0 Å². The van der Waals surface area contributed by atoms with E-state index in [-0.39, 0.29) is 5.91 Å². The lowest BCUT2D eigenvalue weighted by molar-refractivity contribution is -0.128. The van der Waals surface area contributed by atoms with Gasteiger partial charge in [-0.3, -0.25) is 9.89 Å². The molecule has 1 aliphatic heterocycles. The molecule has 7 heteroatoms. The molecule has 0 radical (unpaired) electrons. The molecule has 2 aromatic heterocycles. The third-order valence-electron chi connectivity index (χ3n) is 3.69. The fourth-order valence-corrected chi connectivity index (χ4v) is 2.62. The van der Waals surface area contributed by atoms with Crippen LogP contribution in [0.2, 0.25) is 0 Å². The molecule has 1 aromatic carbocycles. The summed E-state index contributed by atoms with van der Waals surface area (Å²) >= 11 is 0. The molecular weight excluding hydrogens is 270 g/mol. The van der Waals surface area contributed by atoms with Crippen molar-refractivity contribution in [3.63, 3.8) is 0 Å². The van der Waals surface area contributed by atoms with Gasteiger partial charge >= 0.3 is 0 Å². The first-order valence-corrected chi connectivity index (χ1v) is 6.84. The first kappa shape index (κ1) is 12.1. The Kier molecular flexibility index (Phi) is 2.70. The Hall–Kier alpha value is -2.70. The zero-order chi connectivity index (χ0) is 14.2. The van der Waals surface area contributed by atoms with Crippen LogP contribution >= 0.6 is 0 Å². The summed E-state index contributed by atoms with van der Waals surface area (Å²) in [4.78, 5) is 17.8. The Morgan fingerprint density at radius 2 is 2.33 bits per heavy atom. The van der Waals surface area contributed by atoms with Crippen LogP contribution in [0.15, 0.2) is 28.9 Å². The Labute approximate surface area is 119 Å². The summed E-state index contributed by atoms with van der Waals surface area (Å²) in [6, 6.07) is 5.76. The van der Waals surface area contributed by atoms with Crippen LogP contribution in [0.4, 0.5) is 0 Å². The van der Waals surface area contributed by atoms with Crippen LogP contribution in [0.5, 0.6) is 0 Å². The molecule has 0 bridgehead atoms. The number of aromatic nitrogens is 4. The van der Waals surface area contributed by atoms with Gasteiger partial charge in [0.1, 0.15) is 0 Å². The van der Waals surface area contributed by atoms with Gasteiger partial charge in [-0.15, -0.1) is 0 Å². The van der Waals surface area contributed by atoms with E-state index in [0.29, 0.717) is 24.7 Å². The van der Waals surface area contributed by atoms with E-state index >= 15 is 0 Å². The highest BCUT2D eigenvalue weighted by atomic mass is 16.5. The molecule has 0 saturated carbocycles. The number of carbonyl (C=O) groups is 1. The van der Waals surface area contributed by atoms with Crippen molar-refractivity contribution < 1.29 is 9.32 Å². The first-order chi connectivity index (χ1) is 10.3. The number of H-pyrrole nitrogens is 1. The summed E-state index contributed by atoms with van der Waals surface area (Å²) in [5.41, 5.74) is 1.76. The highest BCUT2D eigenvalue weighted by molar-refractivity contribution is 5.91. The van der Waals surface area contributed by atoms with Gasteiger partial charge in [-0.05, 0) is 18.6 Å². The molecule has 3 aromatic rings. The summed E-state index contributed by atoms with van der Waals surface area (Å²) in [5.74, 6) is 1.13. The molecule has 3 heterocycles. The second-order valence-electron chi connectivity index (χ2n) is 5.07. The third-order valence-corrected chi connectivity index (χ3v) is 3.69. The number of aromatic amines is 1. The van der Waals surface area contributed by atoms with Crippen molar-refractivity contribution in [1.29, 1.82) is 0 Å². The van der Waals surface area contributed by atoms with E-state index in [9.17, 15) is 4.79 Å². The maximum atomic E-state index is 11.6. The van der Waals surface area contributed by atoms with E-state index in [4.69, 9.17) is 4.52 Å². The average molecular weight is 283 g/mol. The van der Waals surface area contributed by atoms with Gasteiger partial charge in [-0.1, -0.05) is 11.2 Å². The minimum absolute atomic E-state index is 0.151. The van der Waals surface area contributed by atoms with E-state index in [2.05, 4.69) is 20.3 Å². The average Bonchev–Trinajstić information content (AvgIpc) is 3.21. The van der Waals surface area contributed by atoms with Gasteiger partial charge in [0, 0.05) is 18.4 Å². The van der Waals surface area contributed by atoms with Crippen molar-refractivity contribution >= 4 is 16.8 Å². The SMILES string of the molecule is O=C1CCCN1Cc1noc(-c2cccc3[nH]ncc23)n1. The molecule has 4 rings (SSSR count). The molecule has 1 saturated heterocycles. The van der Waals surface area contributed by atoms with Gasteiger partial charge in [0.25, 0.3) is 5.89 Å². The Bertz CT molecular complexity index is 806. The van der Waals surface area contributed by atoms with Gasteiger partial charge in [-0.25, -0.2) is 0 Å². The lowest BCUT2D eigenvalue weighted by Crippen LogP contribution is -2.24. The number of hydrogen-bond donors (Lipinski definition) is 1. The van der Waals surface area contributed by atoms with Crippen molar-refractivity contribution in [2.45, 2.75) is 19.4 Å². The number of benzene rings is 1. The van der Waals surface area contributed by atoms with Gasteiger partial charge in [0.05, 0.1) is 23.8 Å². The predicted molar refractivity (Wildman–Crippen MR) is 74.0 cm³/mol. The number of nitrogens with zero attached hydrogens (tertiary/aromatic N) is 4. The van der Waals surface area contributed by atoms with E-state index in [1.165, 1.54) is 0 Å². The zero-order valence-electron chi connectivity index (χ0n) is 11.2. The number of fused-ring (bicyclic) bond motifs is 1. The van der Waals surface area contributed by atoms with E-state index in [0.717, 1.165) is 29.4 Å². The number of nitrogens with one attached hydrogen (secondary N) is 1. The van der Waals surface area contributed by atoms with Crippen molar-refractivity contribution in [2.75, 3.05) is 6.54 Å². The second kappa shape index (κ2) is 4.69. The van der Waals surface area contributed by atoms with Crippen LogP contribution in [-0.2, 0) is 11.3 Å². The van der Waals surface area contributed by atoms with Crippen LogP contribution in [0, 0.1) is 0 Å². The number of carbonyl (C=O) groups excluding carboxylic acids is 1. The summed E-state index contributed by atoms with van der Waals surface area (Å²) in [6.45, 7) is 1.17. The highest BCUT2D eigenvalue weighted by Crippen LogP contribution is 2.26. The summed E-state index contributed by atoms with van der Waals surface area (Å²) in [5, 5.41) is 11.8. The van der Waals surface area contributed by atoms with Crippen molar-refractivity contribution in [1.82, 2.24) is 25.2 Å². The summed E-state index contributed by atoms with van der Waals surface area (Å²) < 4.78 is 5.33. The Balaban J connectivity index is 1.65. The summed E-state index contributed by atoms with van der Waals surface area (Å²) in [7, 11) is 0. The van der Waals surface area contributed by atoms with E-state index in [1.807, 2.05) is 18.2 Å². The number of likely N-dealkylation sites (tertiary alicyclic amines) is 1. The van der Waals surface area contributed by atoms with Crippen molar-refractivity contribution in [3.05, 3.63) is 30.2 Å². The Morgan fingerprint density at radius 3 is 3.19 bits per heavy atom. The maximum absolute atomic E-state index is 11.6. The molecule has 1 fully saturated rings. The largest absolute Gasteiger partial charge is 0.335 e. The third kappa shape index (κ3) is 2.06. The minimum Gasteiger partial charge on any atom is -0.335 e. The van der Waals surface area contributed by atoms with Crippen LogP contribution < -0.4 is 0 Å². The Morgan fingerprint density at radius 1 is 1.38 bits per heavy atom. The molecule has 106 valence electrons. The molecule has 21 heavy (non-hydrogen) atoms. The number of hydrogen-bond acceptors (Lipinski definition) is 5. The van der Waals surface area contributed by atoms with Gasteiger partial charge in [0.2, 0.25) is 5.91 Å². The molecule has 0 aliphatic carbocycles. The molecule has 1 N–H and O–H groups in total. The minimum atomic E-state index is 0.151. The molecule has 0 atom stereocenters. The van der Waals surface area contributed by atoms with Crippen LogP contribution in [0.1, 0.15) is 18.7 Å². The lowest BCUT2D eigenvalue weighted by atomic mass is 10.1. The quantitative estimate of drug-likeness (QED) is 0.791. The molecule has 1 amide bonds. The molecule has 0 unspecified atom stereocenters. The van der Waals surface area contributed by atoms with E-state index in [1.54, 1.807) is 11.1 Å². The molecule has 7 nitrogen and oxygen atoms in total. The van der Waals surface area contributed by atoms with Gasteiger partial charge in [-0.2, -0.15) is 10.1 Å². The maximum Gasteiger partial charge on any atom is 0.258 e. The highest BCUT2D eigenvalue weighted by Gasteiger charge is 2.22. The summed E-state index contributed by atoms with van der Waals surface area (Å²) in [6.07, 6.45) is 3.25. The van der Waals surface area contributed by atoms with Gasteiger partial charge in [0.15, 0.2) is 5.82 Å². The number of rotatable bonds is 3. The topological polar surface area (TPSA) is 87.9 Å². The van der Waals surface area contributed by atoms with Crippen LogP contribution in [0.3, 0.4) is 0 Å². The molecule has 1 aliphatic rings. The number of amides is 1. The molecular formula is C14H13N5O2. The smallest absolute Gasteiger partial charge is 0.258 e. The lowest BCUT2D eigenvalue weighted by Gasteiger charge is -2.11. The molecule has 0 spiro atoms. The standard InChI is InChI=1S/C14H13N5O2/c20-13-5-2-6-19(13)8-12-16-14(21-18-12)9-3-1-4-11-10(9)7-15-17-11/h1,3-4,7H,2,5-6,8H2,(H,15,17). The van der Waals surface area contributed by atoms with Crippen molar-refractivity contribution in [3.8, 4) is 11.5 Å². The normalized spacial score (nSPS) is 15.2. The van der Waals surface area contributed by atoms with Crippen LogP contribution in [0.25, 0.3) is 22.4 Å². The zero-order valence-corrected chi connectivity index (χ0v) is 11.2. The fourth-order valence-electron chi connectivity index (χ4n) is 2.62. The fraction of sp³-hybridized carbons (Fsp3) is 0.286. The second-order valence-corrected chi connectivity index (χ2v) is 5.07. The monoisotopic (exact) mass is 283 g/mol. The first-order valence-electron chi connectivity index (χ1n) is 6.84. The van der Waals surface area contributed by atoms with Gasteiger partial charge < -0.3 is 9.42 Å². The van der Waals surface area contributed by atoms with E-state index < -0.39 is 0 Å². The van der Waals surface area contributed by atoms with Crippen LogP contribution in [-0.4, -0.2) is 37.7 Å².